The van der Waals surface area contributed by atoms with Crippen molar-refractivity contribution >= 4 is 5.91 Å². The van der Waals surface area contributed by atoms with Crippen LogP contribution in [0, 0.1) is 5.82 Å². The predicted octanol–water partition coefficient (Wildman–Crippen LogP) is 5.51. The monoisotopic (exact) mass is 445 g/mol. The third-order valence-corrected chi connectivity index (χ3v) is 5.54. The summed E-state index contributed by atoms with van der Waals surface area (Å²) in [5, 5.41) is 2.63. The van der Waals surface area contributed by atoms with Crippen molar-refractivity contribution in [2.24, 2.45) is 0 Å². The van der Waals surface area contributed by atoms with Crippen LogP contribution in [0.5, 0.6) is 5.75 Å². The fourth-order valence-corrected chi connectivity index (χ4v) is 3.89. The maximum Gasteiger partial charge on any atom is 0.220 e. The first kappa shape index (κ1) is 25.8. The van der Waals surface area contributed by atoms with Gasteiger partial charge < -0.3 is 19.5 Å². The van der Waals surface area contributed by atoms with Gasteiger partial charge in [0.15, 0.2) is 0 Å². The van der Waals surface area contributed by atoms with Crippen molar-refractivity contribution in [3.63, 3.8) is 0 Å². The summed E-state index contributed by atoms with van der Waals surface area (Å²) in [4.78, 5) is 11.7. The molecule has 2 aromatic rings. The van der Waals surface area contributed by atoms with Crippen molar-refractivity contribution in [3.8, 4) is 16.9 Å². The number of halogens is 1. The molecule has 1 heterocycles. The molecule has 0 aromatic heterocycles. The minimum atomic E-state index is -0.448. The van der Waals surface area contributed by atoms with Crippen LogP contribution in [0.2, 0.25) is 0 Å². The van der Waals surface area contributed by atoms with Crippen LogP contribution in [0.4, 0.5) is 4.39 Å². The highest BCUT2D eigenvalue weighted by atomic mass is 19.1. The molecule has 0 bridgehead atoms. The summed E-state index contributed by atoms with van der Waals surface area (Å²) in [6, 6.07) is 12.1. The number of carbonyl (C=O) groups excluding carboxylic acids is 1. The first-order valence-electron chi connectivity index (χ1n) is 11.3. The zero-order chi connectivity index (χ0) is 23.7. The molecule has 5 nitrogen and oxygen atoms in total. The summed E-state index contributed by atoms with van der Waals surface area (Å²) in [7, 11) is 3.31. The highest BCUT2D eigenvalue weighted by molar-refractivity contribution is 5.77. The Hall–Kier alpha value is -2.44. The summed E-state index contributed by atoms with van der Waals surface area (Å²) in [5.41, 5.74) is 2.11. The molecule has 2 aromatic carbocycles. The van der Waals surface area contributed by atoms with E-state index in [4.69, 9.17) is 14.2 Å². The zero-order valence-corrected chi connectivity index (χ0v) is 20.0. The first-order chi connectivity index (χ1) is 15.3. The van der Waals surface area contributed by atoms with Crippen molar-refractivity contribution in [2.75, 3.05) is 14.2 Å². The molecular weight excluding hydrogens is 409 g/mol. The van der Waals surface area contributed by atoms with Gasteiger partial charge in [0.25, 0.3) is 0 Å². The van der Waals surface area contributed by atoms with Crippen LogP contribution in [0.25, 0.3) is 11.1 Å². The van der Waals surface area contributed by atoms with Crippen LogP contribution in [0.1, 0.15) is 52.5 Å². The van der Waals surface area contributed by atoms with Crippen LogP contribution in [-0.4, -0.2) is 38.1 Å². The number of hydrogen-bond acceptors (Lipinski definition) is 4. The molecule has 1 saturated heterocycles. The lowest BCUT2D eigenvalue weighted by molar-refractivity contribution is -0.233. The summed E-state index contributed by atoms with van der Waals surface area (Å²) in [6.07, 6.45) is 2.10. The predicted molar refractivity (Wildman–Crippen MR) is 125 cm³/mol. The van der Waals surface area contributed by atoms with Crippen LogP contribution in [0.3, 0.4) is 0 Å². The Labute approximate surface area is 191 Å². The lowest BCUT2D eigenvalue weighted by Gasteiger charge is -2.41. The number of benzene rings is 2. The van der Waals surface area contributed by atoms with E-state index in [2.05, 4.69) is 5.32 Å². The number of aryl methyl sites for hydroxylation is 1. The highest BCUT2D eigenvalue weighted by Gasteiger charge is 2.38. The van der Waals surface area contributed by atoms with Crippen LogP contribution < -0.4 is 10.1 Å². The molecule has 32 heavy (non-hydrogen) atoms. The van der Waals surface area contributed by atoms with E-state index in [1.165, 1.54) is 12.1 Å². The molecule has 0 saturated carbocycles. The molecule has 0 aliphatic carbocycles. The molecule has 176 valence electrons. The summed E-state index contributed by atoms with van der Waals surface area (Å²) < 4.78 is 31.6. The van der Waals surface area contributed by atoms with Gasteiger partial charge in [-0.05, 0) is 67.6 Å². The second-order valence-corrected chi connectivity index (χ2v) is 8.07. The number of rotatable bonds is 7. The van der Waals surface area contributed by atoms with E-state index in [1.54, 1.807) is 20.2 Å². The molecule has 0 spiro atoms. The lowest BCUT2D eigenvalue weighted by Crippen LogP contribution is -2.49. The number of ether oxygens (including phenoxy) is 3. The zero-order valence-electron chi connectivity index (χ0n) is 20.0. The van der Waals surface area contributed by atoms with Gasteiger partial charge in [0.05, 0.1) is 11.7 Å². The Morgan fingerprint density at radius 1 is 1.19 bits per heavy atom. The van der Waals surface area contributed by atoms with Gasteiger partial charge in [-0.25, -0.2) is 4.39 Å². The number of nitrogens with one attached hydrogen (secondary N) is 1. The molecule has 1 N–H and O–H groups in total. The van der Waals surface area contributed by atoms with E-state index < -0.39 is 5.60 Å². The van der Waals surface area contributed by atoms with E-state index in [-0.39, 0.29) is 24.1 Å². The van der Waals surface area contributed by atoms with Gasteiger partial charge >= 0.3 is 0 Å². The van der Waals surface area contributed by atoms with Crippen molar-refractivity contribution in [2.45, 2.75) is 71.4 Å². The molecule has 1 fully saturated rings. The van der Waals surface area contributed by atoms with E-state index in [9.17, 15) is 9.18 Å². The van der Waals surface area contributed by atoms with Crippen LogP contribution >= 0.6 is 0 Å². The van der Waals surface area contributed by atoms with Crippen LogP contribution in [-0.2, 0) is 20.7 Å². The number of methoxy groups -OCH3 is 1. The molecule has 1 amide bonds. The quantitative estimate of drug-likeness (QED) is 0.611. The first-order valence-corrected chi connectivity index (χ1v) is 11.3. The largest absolute Gasteiger partial charge is 0.465 e. The standard InChI is InChI=1S/C24H30FNO4.C2H6/c1-24(2)21(28-4)11-13-23(30-24)29-19-10-8-16(9-12-22(27)26-3)20(15-19)17-6-5-7-18(25)14-17;1-2/h5-8,10,14-15,21,23H,9,11-13H2,1-4H3,(H,26,27);1-2H3. The average molecular weight is 446 g/mol. The van der Waals surface area contributed by atoms with E-state index in [1.807, 2.05) is 52.0 Å². The highest BCUT2D eigenvalue weighted by Crippen LogP contribution is 2.34. The van der Waals surface area contributed by atoms with Crippen molar-refractivity contribution in [1.82, 2.24) is 5.32 Å². The molecule has 0 radical (unpaired) electrons. The fraction of sp³-hybridized carbons (Fsp3) is 0.500. The van der Waals surface area contributed by atoms with E-state index in [0.29, 0.717) is 18.6 Å². The summed E-state index contributed by atoms with van der Waals surface area (Å²) in [6.45, 7) is 7.99. The van der Waals surface area contributed by atoms with Crippen molar-refractivity contribution < 1.29 is 23.4 Å². The summed E-state index contributed by atoms with van der Waals surface area (Å²) >= 11 is 0. The number of amides is 1. The Morgan fingerprint density at radius 2 is 1.94 bits per heavy atom. The summed E-state index contributed by atoms with van der Waals surface area (Å²) in [5.74, 6) is 0.305. The Balaban J connectivity index is 0.00000176. The van der Waals surface area contributed by atoms with Crippen molar-refractivity contribution in [1.29, 1.82) is 0 Å². The van der Waals surface area contributed by atoms with Crippen molar-refractivity contribution in [3.05, 3.63) is 53.8 Å². The fourth-order valence-electron chi connectivity index (χ4n) is 3.89. The van der Waals surface area contributed by atoms with Gasteiger partial charge in [-0.1, -0.05) is 32.0 Å². The average Bonchev–Trinajstić information content (AvgIpc) is 2.78. The maximum absolute atomic E-state index is 13.9. The molecule has 2 unspecified atom stereocenters. The second kappa shape index (κ2) is 12.0. The molecule has 2 atom stereocenters. The minimum Gasteiger partial charge on any atom is -0.465 e. The Bertz CT molecular complexity index is 884. The molecular formula is C26H36FNO4. The van der Waals surface area contributed by atoms with E-state index >= 15 is 0 Å². The van der Waals surface area contributed by atoms with Gasteiger partial charge in [-0.3, -0.25) is 4.79 Å². The molecule has 3 rings (SSSR count). The van der Waals surface area contributed by atoms with Gasteiger partial charge in [-0.15, -0.1) is 0 Å². The second-order valence-electron chi connectivity index (χ2n) is 8.07. The normalized spacial score (nSPS) is 19.5. The Kier molecular flexibility index (Phi) is 9.66. The molecule has 1 aliphatic rings. The van der Waals surface area contributed by atoms with Gasteiger partial charge in [0.1, 0.15) is 11.6 Å². The number of carbonyl (C=O) groups is 1. The van der Waals surface area contributed by atoms with Crippen LogP contribution in [0.15, 0.2) is 42.5 Å². The topological polar surface area (TPSA) is 56.8 Å². The van der Waals surface area contributed by atoms with E-state index in [0.717, 1.165) is 29.5 Å². The molecule has 1 aliphatic heterocycles. The van der Waals surface area contributed by atoms with Gasteiger partial charge in [-0.2, -0.15) is 0 Å². The Morgan fingerprint density at radius 3 is 2.56 bits per heavy atom. The molecule has 6 heteroatoms. The smallest absolute Gasteiger partial charge is 0.220 e. The minimum absolute atomic E-state index is 0.0206. The third kappa shape index (κ3) is 6.78. The SMILES string of the molecule is CC.CNC(=O)CCc1ccc(OC2CCC(OC)C(C)(C)O2)cc1-c1cccc(F)c1. The maximum atomic E-state index is 13.9. The van der Waals surface area contributed by atoms with Gasteiger partial charge in [0, 0.05) is 27.0 Å². The number of hydrogen-bond donors (Lipinski definition) is 1. The van der Waals surface area contributed by atoms with Gasteiger partial charge in [0.2, 0.25) is 12.2 Å². The third-order valence-electron chi connectivity index (χ3n) is 5.54. The lowest BCUT2D eigenvalue weighted by atomic mass is 9.94.